The zero-order valence-corrected chi connectivity index (χ0v) is 11.5. The normalized spacial score (nSPS) is 7.33. The molecule has 0 rings (SSSR count). The van der Waals surface area contributed by atoms with E-state index in [2.05, 4.69) is 13.8 Å². The third kappa shape index (κ3) is 22.4. The van der Waals surface area contributed by atoms with E-state index in [1.165, 1.54) is 25.7 Å². The van der Waals surface area contributed by atoms with E-state index in [1.807, 2.05) is 0 Å². The molecule has 0 aromatic rings. The Bertz CT molecular complexity index is 45.8. The topological polar surface area (TPSA) is 48.7 Å². The number of rotatable bonds is 6. The number of unbranched alkanes of at least 4 members (excludes halogenated alkanes) is 2. The van der Waals surface area contributed by atoms with Crippen LogP contribution in [0.3, 0.4) is 0 Å². The maximum Gasteiger partial charge on any atom is 0.0319 e. The molecule has 0 aromatic heterocycles. The fraction of sp³-hybridized carbons (Fsp3) is 1.00. The second-order valence-corrected chi connectivity index (χ2v) is 6.74. The molecule has 0 amide bonds. The van der Waals surface area contributed by atoms with E-state index in [-0.39, 0.29) is 26.6 Å². The van der Waals surface area contributed by atoms with Gasteiger partial charge in [-0.1, -0.05) is 0 Å². The predicted molar refractivity (Wildman–Crippen MR) is 54.0 cm³/mol. The van der Waals surface area contributed by atoms with E-state index in [9.17, 15) is 0 Å². The first-order valence-electron chi connectivity index (χ1n) is 4.57. The van der Waals surface area contributed by atoms with Gasteiger partial charge in [0.2, 0.25) is 0 Å². The molecule has 0 atom stereocenters. The molecule has 3 heteroatoms. The van der Waals surface area contributed by atoms with Gasteiger partial charge in [-0.3, -0.25) is 0 Å². The SMILES string of the molecule is CCC[CH2][Sn+2][CH2]CCC.CO.[O-2]. The van der Waals surface area contributed by atoms with Crippen molar-refractivity contribution in [3.63, 3.8) is 0 Å². The van der Waals surface area contributed by atoms with Gasteiger partial charge in [-0.05, 0) is 0 Å². The van der Waals surface area contributed by atoms with E-state index in [0.29, 0.717) is 0 Å². The Morgan fingerprint density at radius 3 is 1.50 bits per heavy atom. The predicted octanol–water partition coefficient (Wildman–Crippen LogP) is 2.62. The maximum absolute atomic E-state index is 7.00. The van der Waals surface area contributed by atoms with Crippen molar-refractivity contribution >= 4 is 21.1 Å². The Labute approximate surface area is 87.3 Å². The molecule has 0 saturated carbocycles. The molecule has 74 valence electrons. The molecule has 0 aliphatic rings. The van der Waals surface area contributed by atoms with E-state index < -0.39 is 0 Å². The van der Waals surface area contributed by atoms with Crippen molar-refractivity contribution in [2.45, 2.75) is 48.4 Å². The van der Waals surface area contributed by atoms with Gasteiger partial charge in [0.05, 0.1) is 0 Å². The number of hydrogen-bond acceptors (Lipinski definition) is 1. The first kappa shape index (κ1) is 18.5. The van der Waals surface area contributed by atoms with Crippen LogP contribution in [0.5, 0.6) is 0 Å². The summed E-state index contributed by atoms with van der Waals surface area (Å²) in [5.74, 6) is 0. The van der Waals surface area contributed by atoms with Gasteiger partial charge in [-0.25, -0.2) is 0 Å². The number of aliphatic hydroxyl groups excluding tert-OH is 1. The van der Waals surface area contributed by atoms with Crippen LogP contribution in [0.2, 0.25) is 8.87 Å². The Kier molecular flexibility index (Phi) is 34.8. The third-order valence-corrected chi connectivity index (χ3v) is 5.45. The van der Waals surface area contributed by atoms with Crippen molar-refractivity contribution < 1.29 is 10.6 Å². The summed E-state index contributed by atoms with van der Waals surface area (Å²) < 4.78 is 3.25. The summed E-state index contributed by atoms with van der Waals surface area (Å²) in [6.45, 7) is 4.58. The molecular weight excluding hydrogens is 259 g/mol. The number of hydrogen-bond donors (Lipinski definition) is 1. The van der Waals surface area contributed by atoms with Gasteiger partial charge >= 0.3 is 69.5 Å². The standard InChI is InChI=1S/2C4H9.CH4O.O.Sn/c2*1-3-4-2;1-2;;/h2*1,3-4H2,2H3;2H,1H3;;/q;;;-2;+2. The summed E-state index contributed by atoms with van der Waals surface area (Å²) in [5, 5.41) is 7.00. The van der Waals surface area contributed by atoms with Crippen LogP contribution in [0.4, 0.5) is 0 Å². The Morgan fingerprint density at radius 2 is 1.25 bits per heavy atom. The Morgan fingerprint density at radius 1 is 0.917 bits per heavy atom. The van der Waals surface area contributed by atoms with Crippen molar-refractivity contribution in [2.24, 2.45) is 0 Å². The molecule has 2 nitrogen and oxygen atoms in total. The minimum atomic E-state index is 0. The van der Waals surface area contributed by atoms with Crippen LogP contribution in [0.25, 0.3) is 0 Å². The number of aliphatic hydroxyl groups is 1. The van der Waals surface area contributed by atoms with Gasteiger partial charge in [-0.2, -0.15) is 0 Å². The van der Waals surface area contributed by atoms with Gasteiger partial charge < -0.3 is 10.6 Å². The molecule has 0 spiro atoms. The molecule has 0 heterocycles. The molecule has 0 aliphatic heterocycles. The minimum Gasteiger partial charge on any atom is -2.00 e. The van der Waals surface area contributed by atoms with Crippen LogP contribution in [-0.4, -0.2) is 33.4 Å². The molecule has 0 aliphatic carbocycles. The van der Waals surface area contributed by atoms with Crippen molar-refractivity contribution in [1.82, 2.24) is 0 Å². The van der Waals surface area contributed by atoms with Crippen LogP contribution in [0.15, 0.2) is 0 Å². The third-order valence-electron chi connectivity index (χ3n) is 1.41. The van der Waals surface area contributed by atoms with Crippen LogP contribution < -0.4 is 0 Å². The summed E-state index contributed by atoms with van der Waals surface area (Å²) in [7, 11) is 1.00. The molecule has 1 N–H and O–H groups in total. The summed E-state index contributed by atoms with van der Waals surface area (Å²) in [4.78, 5) is 0. The molecule has 0 bridgehead atoms. The van der Waals surface area contributed by atoms with Gasteiger partial charge in [-0.15, -0.1) is 0 Å². The Hall–Kier alpha value is 0.719. The van der Waals surface area contributed by atoms with E-state index in [0.717, 1.165) is 7.11 Å². The van der Waals surface area contributed by atoms with Gasteiger partial charge in [0.15, 0.2) is 0 Å². The first-order chi connectivity index (χ1) is 5.41. The van der Waals surface area contributed by atoms with E-state index >= 15 is 0 Å². The molecule has 0 aromatic carbocycles. The average Bonchev–Trinajstić information content (AvgIpc) is 2.08. The summed E-state index contributed by atoms with van der Waals surface area (Å²) in [6, 6.07) is 0. The quantitative estimate of drug-likeness (QED) is 0.590. The zero-order chi connectivity index (χ0) is 8.95. The van der Waals surface area contributed by atoms with Crippen molar-refractivity contribution in [3.8, 4) is 0 Å². The monoisotopic (exact) mass is 282 g/mol. The van der Waals surface area contributed by atoms with Crippen LogP contribution >= 0.6 is 0 Å². The van der Waals surface area contributed by atoms with E-state index in [4.69, 9.17) is 5.11 Å². The molecule has 0 saturated heterocycles. The van der Waals surface area contributed by atoms with Gasteiger partial charge in [0.1, 0.15) is 0 Å². The second-order valence-electron chi connectivity index (χ2n) is 2.46. The fourth-order valence-corrected chi connectivity index (χ4v) is 4.89. The Balaban J connectivity index is -0.000000249. The van der Waals surface area contributed by atoms with Crippen molar-refractivity contribution in [2.75, 3.05) is 7.11 Å². The largest absolute Gasteiger partial charge is 2.00 e. The first-order valence-corrected chi connectivity index (χ1v) is 8.60. The molecular formula is C9H22O2Sn. The minimum absolute atomic E-state index is 0. The van der Waals surface area contributed by atoms with Gasteiger partial charge in [0, 0.05) is 7.11 Å². The second kappa shape index (κ2) is 22.6. The summed E-state index contributed by atoms with van der Waals surface area (Å²) in [5.41, 5.74) is 0. The average molecular weight is 281 g/mol. The van der Waals surface area contributed by atoms with Crippen LogP contribution in [0.1, 0.15) is 39.5 Å². The molecule has 0 fully saturated rings. The molecule has 0 radical (unpaired) electrons. The van der Waals surface area contributed by atoms with Crippen LogP contribution in [-0.2, 0) is 5.48 Å². The zero-order valence-electron chi connectivity index (χ0n) is 8.60. The fourth-order valence-electron chi connectivity index (χ4n) is 0.729. The smallest absolute Gasteiger partial charge is 0.0319 e. The summed E-state index contributed by atoms with van der Waals surface area (Å²) >= 11 is 0.149. The van der Waals surface area contributed by atoms with E-state index in [1.54, 1.807) is 8.87 Å². The molecule has 12 heavy (non-hydrogen) atoms. The molecule has 0 unspecified atom stereocenters. The maximum atomic E-state index is 7.00. The van der Waals surface area contributed by atoms with Crippen molar-refractivity contribution in [1.29, 1.82) is 0 Å². The van der Waals surface area contributed by atoms with Crippen LogP contribution in [0, 0.1) is 0 Å². The summed E-state index contributed by atoms with van der Waals surface area (Å²) in [6.07, 6.45) is 5.84. The van der Waals surface area contributed by atoms with Gasteiger partial charge in [0.25, 0.3) is 0 Å². The van der Waals surface area contributed by atoms with Crippen molar-refractivity contribution in [3.05, 3.63) is 0 Å².